The topological polar surface area (TPSA) is 114 Å². The molecule has 4 aromatic rings. The van der Waals surface area contributed by atoms with Crippen molar-refractivity contribution in [3.8, 4) is 11.1 Å². The highest BCUT2D eigenvalue weighted by molar-refractivity contribution is 6.03. The van der Waals surface area contributed by atoms with Gasteiger partial charge in [0.25, 0.3) is 0 Å². The Balaban J connectivity index is 1.32. The Morgan fingerprint density at radius 1 is 0.833 bits per heavy atom. The third kappa shape index (κ3) is 6.19. The first-order valence-electron chi connectivity index (χ1n) is 13.7. The van der Waals surface area contributed by atoms with Crippen LogP contribution in [0.2, 0.25) is 0 Å². The van der Waals surface area contributed by atoms with Gasteiger partial charge in [-0.3, -0.25) is 4.79 Å². The summed E-state index contributed by atoms with van der Waals surface area (Å²) in [5.74, 6) is -1.94. The van der Waals surface area contributed by atoms with E-state index >= 15 is 0 Å². The first-order valence-corrected chi connectivity index (χ1v) is 13.7. The number of carboxylic acid groups (broad SMARTS) is 1. The van der Waals surface area contributed by atoms with Gasteiger partial charge in [0.2, 0.25) is 5.91 Å². The molecule has 42 heavy (non-hydrogen) atoms. The third-order valence-corrected chi connectivity index (χ3v) is 7.47. The van der Waals surface area contributed by atoms with Gasteiger partial charge in [0.15, 0.2) is 0 Å². The van der Waals surface area contributed by atoms with Crippen LogP contribution >= 0.6 is 0 Å². The average molecular weight is 565 g/mol. The Kier molecular flexibility index (Phi) is 8.64. The zero-order chi connectivity index (χ0) is 29.6. The van der Waals surface area contributed by atoms with E-state index in [9.17, 15) is 19.5 Å². The molecule has 4 aromatic carbocycles. The number of rotatable bonds is 10. The number of carboxylic acids is 1. The fourth-order valence-electron chi connectivity index (χ4n) is 5.33. The molecule has 0 unspecified atom stereocenters. The lowest BCUT2D eigenvalue weighted by molar-refractivity contribution is -0.121. The van der Waals surface area contributed by atoms with Crippen LogP contribution in [-0.2, 0) is 20.9 Å². The van der Waals surface area contributed by atoms with Crippen LogP contribution in [0.5, 0.6) is 0 Å². The van der Waals surface area contributed by atoms with E-state index < -0.39 is 30.1 Å². The van der Waals surface area contributed by atoms with E-state index in [0.29, 0.717) is 5.56 Å². The van der Waals surface area contributed by atoms with Crippen LogP contribution in [-0.4, -0.2) is 41.8 Å². The van der Waals surface area contributed by atoms with E-state index in [4.69, 9.17) is 9.47 Å². The number of hydrogen-bond acceptors (Lipinski definition) is 5. The quantitative estimate of drug-likeness (QED) is 0.213. The van der Waals surface area contributed by atoms with Crippen molar-refractivity contribution in [2.45, 2.75) is 38.5 Å². The summed E-state index contributed by atoms with van der Waals surface area (Å²) < 4.78 is 11.7. The zero-order valence-electron chi connectivity index (χ0n) is 23.4. The van der Waals surface area contributed by atoms with Crippen LogP contribution in [0.4, 0.5) is 10.5 Å². The number of carbonyl (C=O) groups excluding carboxylic acids is 2. The maximum atomic E-state index is 13.5. The lowest BCUT2D eigenvalue weighted by Crippen LogP contribution is -2.51. The van der Waals surface area contributed by atoms with Gasteiger partial charge in [-0.2, -0.15) is 0 Å². The number of nitrogens with one attached hydrogen (secondary N) is 2. The normalized spacial score (nSPS) is 13.4. The van der Waals surface area contributed by atoms with E-state index in [1.165, 1.54) is 6.07 Å². The van der Waals surface area contributed by atoms with Crippen LogP contribution < -0.4 is 10.6 Å². The predicted molar refractivity (Wildman–Crippen MR) is 159 cm³/mol. The average Bonchev–Trinajstić information content (AvgIpc) is 3.31. The summed E-state index contributed by atoms with van der Waals surface area (Å²) in [5, 5.41) is 15.0. The van der Waals surface area contributed by atoms with Gasteiger partial charge in [-0.1, -0.05) is 91.0 Å². The van der Waals surface area contributed by atoms with Crippen LogP contribution in [0, 0.1) is 6.92 Å². The standard InChI is InChI=1S/C34H32N2O6/c1-21-11-10-18-29(30(21)33(38)39)35-32(37)31(22(2)41-19-23-12-4-3-5-13-23)36-34(40)42-20-28-26-16-8-6-14-24(26)25-15-7-9-17-27(25)28/h3-18,22,28,31H,19-20H2,1-2H3,(H,35,37)(H,36,40)(H,38,39)/t22-,31+/m0/s1. The van der Waals surface area contributed by atoms with E-state index in [1.807, 2.05) is 66.7 Å². The Labute approximate surface area is 244 Å². The van der Waals surface area contributed by atoms with Gasteiger partial charge in [-0.25, -0.2) is 9.59 Å². The Morgan fingerprint density at radius 2 is 1.45 bits per heavy atom. The zero-order valence-corrected chi connectivity index (χ0v) is 23.4. The molecule has 2 amide bonds. The van der Waals surface area contributed by atoms with Crippen LogP contribution in [0.3, 0.4) is 0 Å². The predicted octanol–water partition coefficient (Wildman–Crippen LogP) is 6.14. The monoisotopic (exact) mass is 564 g/mol. The molecule has 0 heterocycles. The number of aryl methyl sites for hydroxylation is 1. The van der Waals surface area contributed by atoms with Gasteiger partial charge in [-0.15, -0.1) is 0 Å². The molecule has 0 aliphatic heterocycles. The molecule has 1 aliphatic rings. The van der Waals surface area contributed by atoms with Crippen molar-refractivity contribution in [3.63, 3.8) is 0 Å². The number of anilines is 1. The molecule has 5 rings (SSSR count). The highest BCUT2D eigenvalue weighted by Gasteiger charge is 2.32. The molecule has 0 saturated heterocycles. The number of carbonyl (C=O) groups is 3. The minimum atomic E-state index is -1.17. The fourth-order valence-corrected chi connectivity index (χ4v) is 5.33. The molecule has 0 bridgehead atoms. The van der Waals surface area contributed by atoms with Crippen molar-refractivity contribution in [3.05, 3.63) is 125 Å². The van der Waals surface area contributed by atoms with Gasteiger partial charge in [-0.05, 0) is 53.3 Å². The lowest BCUT2D eigenvalue weighted by atomic mass is 9.98. The lowest BCUT2D eigenvalue weighted by Gasteiger charge is -2.25. The van der Waals surface area contributed by atoms with Crippen LogP contribution in [0.1, 0.15) is 45.5 Å². The summed E-state index contributed by atoms with van der Waals surface area (Å²) in [6.45, 7) is 3.61. The molecule has 0 spiro atoms. The largest absolute Gasteiger partial charge is 0.478 e. The minimum Gasteiger partial charge on any atom is -0.478 e. The number of hydrogen-bond donors (Lipinski definition) is 3. The summed E-state index contributed by atoms with van der Waals surface area (Å²) in [5.41, 5.74) is 5.85. The van der Waals surface area contributed by atoms with E-state index in [2.05, 4.69) is 22.8 Å². The van der Waals surface area contributed by atoms with E-state index in [1.54, 1.807) is 26.0 Å². The van der Waals surface area contributed by atoms with Gasteiger partial charge in [0.1, 0.15) is 12.6 Å². The Bertz CT molecular complexity index is 1560. The molecule has 214 valence electrons. The summed E-state index contributed by atoms with van der Waals surface area (Å²) in [7, 11) is 0. The van der Waals surface area contributed by atoms with Crippen molar-refractivity contribution in [2.75, 3.05) is 11.9 Å². The van der Waals surface area contributed by atoms with Crippen molar-refractivity contribution in [1.82, 2.24) is 5.32 Å². The van der Waals surface area contributed by atoms with Crippen LogP contribution in [0.15, 0.2) is 97.1 Å². The highest BCUT2D eigenvalue weighted by atomic mass is 16.5. The van der Waals surface area contributed by atoms with Gasteiger partial charge >= 0.3 is 12.1 Å². The molecule has 8 nitrogen and oxygen atoms in total. The van der Waals surface area contributed by atoms with E-state index in [-0.39, 0.29) is 30.4 Å². The van der Waals surface area contributed by atoms with Crippen molar-refractivity contribution < 1.29 is 29.0 Å². The maximum absolute atomic E-state index is 13.5. The minimum absolute atomic E-state index is 0.0244. The summed E-state index contributed by atoms with van der Waals surface area (Å²) >= 11 is 0. The molecule has 3 N–H and O–H groups in total. The number of alkyl carbamates (subject to hydrolysis) is 1. The molecule has 8 heteroatoms. The van der Waals surface area contributed by atoms with Crippen LogP contribution in [0.25, 0.3) is 11.1 Å². The highest BCUT2D eigenvalue weighted by Crippen LogP contribution is 2.44. The smallest absolute Gasteiger partial charge is 0.407 e. The third-order valence-electron chi connectivity index (χ3n) is 7.47. The molecule has 0 saturated carbocycles. The first kappa shape index (κ1) is 28.6. The van der Waals surface area contributed by atoms with Gasteiger partial charge in [0.05, 0.1) is 24.0 Å². The van der Waals surface area contributed by atoms with Crippen molar-refractivity contribution >= 4 is 23.7 Å². The molecule has 0 fully saturated rings. The second-order valence-electron chi connectivity index (χ2n) is 10.2. The Morgan fingerprint density at radius 3 is 2.10 bits per heavy atom. The Hall–Kier alpha value is -4.95. The number of benzene rings is 4. The first-order chi connectivity index (χ1) is 20.3. The van der Waals surface area contributed by atoms with E-state index in [0.717, 1.165) is 27.8 Å². The molecule has 1 aliphatic carbocycles. The van der Waals surface area contributed by atoms with Crippen molar-refractivity contribution in [2.24, 2.45) is 0 Å². The number of fused-ring (bicyclic) bond motifs is 3. The number of amides is 2. The number of aromatic carboxylic acids is 1. The molecular formula is C34H32N2O6. The molecule has 0 aromatic heterocycles. The second kappa shape index (κ2) is 12.7. The molecule has 2 atom stereocenters. The molecular weight excluding hydrogens is 532 g/mol. The van der Waals surface area contributed by atoms with Gasteiger partial charge in [0, 0.05) is 5.92 Å². The molecule has 0 radical (unpaired) electrons. The van der Waals surface area contributed by atoms with Gasteiger partial charge < -0.3 is 25.2 Å². The fraction of sp³-hybridized carbons (Fsp3) is 0.206. The van der Waals surface area contributed by atoms with Crippen molar-refractivity contribution in [1.29, 1.82) is 0 Å². The summed E-state index contributed by atoms with van der Waals surface area (Å²) in [6, 6.07) is 29.1. The number of ether oxygens (including phenoxy) is 2. The SMILES string of the molecule is Cc1cccc(NC(=O)[C@H](NC(=O)OCC2c3ccccc3-c3ccccc32)[C@H](C)OCc2ccccc2)c1C(=O)O. The summed E-state index contributed by atoms with van der Waals surface area (Å²) in [4.78, 5) is 38.5. The maximum Gasteiger partial charge on any atom is 0.407 e. The summed E-state index contributed by atoms with van der Waals surface area (Å²) in [6.07, 6.45) is -1.56. The second-order valence-corrected chi connectivity index (χ2v) is 10.2.